The summed E-state index contributed by atoms with van der Waals surface area (Å²) >= 11 is 0. The van der Waals surface area contributed by atoms with Crippen LogP contribution in [0.3, 0.4) is 0 Å². The van der Waals surface area contributed by atoms with Crippen LogP contribution in [0.2, 0.25) is 0 Å². The summed E-state index contributed by atoms with van der Waals surface area (Å²) < 4.78 is 1.82. The molecule has 17 heavy (non-hydrogen) atoms. The molecule has 1 rings (SSSR count). The number of unbranched alkanes of at least 4 members (excludes halogenated alkanes) is 2. The Kier molecular flexibility index (Phi) is 6.18. The van der Waals surface area contributed by atoms with E-state index in [4.69, 9.17) is 10.8 Å². The van der Waals surface area contributed by atoms with Crippen LogP contribution in [0.4, 0.5) is 0 Å². The molecule has 0 saturated heterocycles. The predicted molar refractivity (Wildman–Crippen MR) is 68.7 cm³/mol. The van der Waals surface area contributed by atoms with Crippen LogP contribution in [-0.2, 0) is 7.05 Å². The second-order valence-corrected chi connectivity index (χ2v) is 4.37. The number of aromatic nitrogens is 2. The first-order valence-corrected chi connectivity index (χ1v) is 6.23. The Labute approximate surface area is 103 Å². The lowest BCUT2D eigenvalue weighted by Gasteiger charge is -2.16. The first kappa shape index (κ1) is 14.2. The van der Waals surface area contributed by atoms with Crippen molar-refractivity contribution in [2.24, 2.45) is 12.8 Å². The molecule has 1 heterocycles. The van der Waals surface area contributed by atoms with Crippen molar-refractivity contribution in [3.8, 4) is 0 Å². The Bertz CT molecular complexity index is 324. The standard InChI is InChI=1S/C12H24N4O/c1-10-11(9-16(2)15-10)12(8-13)14-6-4-3-5-7-17/h9,12,14,17H,3-8,13H2,1-2H3. The van der Waals surface area contributed by atoms with E-state index >= 15 is 0 Å². The molecule has 0 amide bonds. The fourth-order valence-electron chi connectivity index (χ4n) is 1.97. The Morgan fingerprint density at radius 1 is 1.47 bits per heavy atom. The maximum absolute atomic E-state index is 8.69. The Morgan fingerprint density at radius 3 is 2.76 bits per heavy atom. The van der Waals surface area contributed by atoms with E-state index in [9.17, 15) is 0 Å². The SMILES string of the molecule is Cc1nn(C)cc1C(CN)NCCCCCO. The van der Waals surface area contributed by atoms with Gasteiger partial charge in [-0.05, 0) is 32.7 Å². The van der Waals surface area contributed by atoms with Crippen LogP contribution in [0.25, 0.3) is 0 Å². The molecule has 98 valence electrons. The highest BCUT2D eigenvalue weighted by Crippen LogP contribution is 2.15. The van der Waals surface area contributed by atoms with Gasteiger partial charge >= 0.3 is 0 Å². The third-order valence-electron chi connectivity index (χ3n) is 2.89. The van der Waals surface area contributed by atoms with Gasteiger partial charge in [0.25, 0.3) is 0 Å². The molecule has 1 aromatic heterocycles. The number of nitrogens with two attached hydrogens (primary N) is 1. The summed E-state index contributed by atoms with van der Waals surface area (Å²) in [5, 5.41) is 16.5. The quantitative estimate of drug-likeness (QED) is 0.578. The van der Waals surface area contributed by atoms with Crippen molar-refractivity contribution in [1.29, 1.82) is 0 Å². The normalized spacial score (nSPS) is 12.9. The second-order valence-electron chi connectivity index (χ2n) is 4.37. The number of nitrogens with zero attached hydrogens (tertiary/aromatic N) is 2. The van der Waals surface area contributed by atoms with Crippen molar-refractivity contribution in [2.45, 2.75) is 32.2 Å². The van der Waals surface area contributed by atoms with Gasteiger partial charge in [0.1, 0.15) is 0 Å². The number of rotatable bonds is 8. The molecular weight excluding hydrogens is 216 g/mol. The number of hydrogen-bond donors (Lipinski definition) is 3. The summed E-state index contributed by atoms with van der Waals surface area (Å²) in [5.74, 6) is 0. The molecule has 4 N–H and O–H groups in total. The van der Waals surface area contributed by atoms with Gasteiger partial charge in [-0.25, -0.2) is 0 Å². The average molecular weight is 240 g/mol. The predicted octanol–water partition coefficient (Wildman–Crippen LogP) is 0.481. The molecule has 0 radical (unpaired) electrons. The van der Waals surface area contributed by atoms with Gasteiger partial charge in [-0.3, -0.25) is 4.68 Å². The maximum Gasteiger partial charge on any atom is 0.0641 e. The first-order valence-electron chi connectivity index (χ1n) is 6.23. The van der Waals surface area contributed by atoms with Crippen LogP contribution in [0.15, 0.2) is 6.20 Å². The molecule has 0 fully saturated rings. The lowest BCUT2D eigenvalue weighted by Crippen LogP contribution is -2.29. The van der Waals surface area contributed by atoms with E-state index in [0.717, 1.165) is 31.5 Å². The monoisotopic (exact) mass is 240 g/mol. The average Bonchev–Trinajstić information content (AvgIpc) is 2.63. The summed E-state index contributed by atoms with van der Waals surface area (Å²) in [6.07, 6.45) is 5.01. The summed E-state index contributed by atoms with van der Waals surface area (Å²) in [4.78, 5) is 0. The van der Waals surface area contributed by atoms with Crippen LogP contribution in [0.1, 0.15) is 36.6 Å². The fourth-order valence-corrected chi connectivity index (χ4v) is 1.97. The van der Waals surface area contributed by atoms with Crippen LogP contribution < -0.4 is 11.1 Å². The molecule has 1 unspecified atom stereocenters. The molecule has 1 atom stereocenters. The zero-order chi connectivity index (χ0) is 12.7. The van der Waals surface area contributed by atoms with Crippen molar-refractivity contribution >= 4 is 0 Å². The first-order chi connectivity index (χ1) is 8.19. The van der Waals surface area contributed by atoms with Crippen molar-refractivity contribution in [2.75, 3.05) is 19.7 Å². The van der Waals surface area contributed by atoms with Gasteiger partial charge in [-0.2, -0.15) is 5.10 Å². The number of nitrogens with one attached hydrogen (secondary N) is 1. The lowest BCUT2D eigenvalue weighted by atomic mass is 10.1. The molecular formula is C12H24N4O. The molecule has 0 spiro atoms. The van der Waals surface area contributed by atoms with Crippen molar-refractivity contribution < 1.29 is 5.11 Å². The molecule has 0 aromatic carbocycles. The van der Waals surface area contributed by atoms with Crippen molar-refractivity contribution in [3.63, 3.8) is 0 Å². The van der Waals surface area contributed by atoms with Crippen molar-refractivity contribution in [3.05, 3.63) is 17.5 Å². The molecule has 0 bridgehead atoms. The van der Waals surface area contributed by atoms with Gasteiger partial charge < -0.3 is 16.2 Å². The van der Waals surface area contributed by atoms with Gasteiger partial charge in [0.05, 0.1) is 5.69 Å². The van der Waals surface area contributed by atoms with E-state index in [1.807, 2.05) is 24.9 Å². The molecule has 5 heteroatoms. The molecule has 1 aromatic rings. The highest BCUT2D eigenvalue weighted by molar-refractivity contribution is 5.20. The Balaban J connectivity index is 2.40. The topological polar surface area (TPSA) is 76.1 Å². The van der Waals surface area contributed by atoms with Crippen LogP contribution in [-0.4, -0.2) is 34.6 Å². The third kappa shape index (κ3) is 4.46. The van der Waals surface area contributed by atoms with Gasteiger partial charge in [-0.15, -0.1) is 0 Å². The zero-order valence-electron chi connectivity index (χ0n) is 10.8. The van der Waals surface area contributed by atoms with Crippen LogP contribution >= 0.6 is 0 Å². The van der Waals surface area contributed by atoms with Crippen molar-refractivity contribution in [1.82, 2.24) is 15.1 Å². The Hall–Kier alpha value is -0.910. The largest absolute Gasteiger partial charge is 0.396 e. The van der Waals surface area contributed by atoms with Gasteiger partial charge in [0.15, 0.2) is 0 Å². The minimum atomic E-state index is 0.179. The maximum atomic E-state index is 8.69. The molecule has 0 aliphatic rings. The molecule has 0 aliphatic carbocycles. The molecule has 0 aliphatic heterocycles. The smallest absolute Gasteiger partial charge is 0.0641 e. The van der Waals surface area contributed by atoms with Gasteiger partial charge in [0.2, 0.25) is 0 Å². The number of aryl methyl sites for hydroxylation is 2. The minimum Gasteiger partial charge on any atom is -0.396 e. The van der Waals surface area contributed by atoms with Crippen LogP contribution in [0, 0.1) is 6.92 Å². The summed E-state index contributed by atoms with van der Waals surface area (Å²) in [6.45, 7) is 3.79. The number of hydrogen-bond acceptors (Lipinski definition) is 4. The second kappa shape index (κ2) is 7.42. The number of aliphatic hydroxyl groups excluding tert-OH is 1. The molecule has 0 saturated carbocycles. The van der Waals surface area contributed by atoms with E-state index in [-0.39, 0.29) is 12.6 Å². The molecule has 5 nitrogen and oxygen atoms in total. The zero-order valence-corrected chi connectivity index (χ0v) is 10.8. The van der Waals surface area contributed by atoms with Gasteiger partial charge in [-0.1, -0.05) is 0 Å². The highest BCUT2D eigenvalue weighted by Gasteiger charge is 2.13. The number of aliphatic hydroxyl groups is 1. The minimum absolute atomic E-state index is 0.179. The summed E-state index contributed by atoms with van der Waals surface area (Å²) in [6, 6.07) is 0.179. The van der Waals surface area contributed by atoms with E-state index in [2.05, 4.69) is 10.4 Å². The lowest BCUT2D eigenvalue weighted by molar-refractivity contribution is 0.282. The summed E-state index contributed by atoms with van der Waals surface area (Å²) in [7, 11) is 1.92. The third-order valence-corrected chi connectivity index (χ3v) is 2.89. The van der Waals surface area contributed by atoms with E-state index in [1.165, 1.54) is 5.56 Å². The van der Waals surface area contributed by atoms with E-state index in [0.29, 0.717) is 6.54 Å². The van der Waals surface area contributed by atoms with E-state index in [1.54, 1.807) is 0 Å². The van der Waals surface area contributed by atoms with E-state index < -0.39 is 0 Å². The van der Waals surface area contributed by atoms with Gasteiger partial charge in [0, 0.05) is 38.0 Å². The van der Waals surface area contributed by atoms with Crippen LogP contribution in [0.5, 0.6) is 0 Å². The highest BCUT2D eigenvalue weighted by atomic mass is 16.2. The fraction of sp³-hybridized carbons (Fsp3) is 0.750. The summed E-state index contributed by atoms with van der Waals surface area (Å²) in [5.41, 5.74) is 8.00. The Morgan fingerprint density at radius 2 is 2.24 bits per heavy atom.